The molecule has 0 bridgehead atoms. The second kappa shape index (κ2) is 8.47. The summed E-state index contributed by atoms with van der Waals surface area (Å²) in [6.45, 7) is 0.628. The molecule has 1 aliphatic rings. The topological polar surface area (TPSA) is 38.8 Å². The fraction of sp³-hybridized carbons (Fsp3) is 0.261. The Labute approximate surface area is 179 Å². The van der Waals surface area contributed by atoms with Gasteiger partial charge in [-0.05, 0) is 52.8 Å². The van der Waals surface area contributed by atoms with Crippen LogP contribution in [0.15, 0.2) is 53.9 Å². The number of thiophene rings is 1. The molecule has 1 atom stereocenters. The number of hydrogen-bond acceptors (Lipinski definition) is 4. The molecular formula is C23H22ClNO3S. The third-order valence-corrected chi connectivity index (χ3v) is 6.52. The van der Waals surface area contributed by atoms with Crippen LogP contribution in [-0.4, -0.2) is 31.6 Å². The van der Waals surface area contributed by atoms with Crippen molar-refractivity contribution in [2.24, 2.45) is 0 Å². The highest BCUT2D eigenvalue weighted by molar-refractivity contribution is 7.10. The number of halogens is 1. The van der Waals surface area contributed by atoms with Crippen LogP contribution in [0.25, 0.3) is 0 Å². The van der Waals surface area contributed by atoms with E-state index in [4.69, 9.17) is 21.1 Å². The summed E-state index contributed by atoms with van der Waals surface area (Å²) in [6, 6.07) is 15.4. The first-order valence-corrected chi connectivity index (χ1v) is 10.7. The molecule has 1 aliphatic heterocycles. The van der Waals surface area contributed by atoms with E-state index >= 15 is 0 Å². The third-order valence-electron chi connectivity index (χ3n) is 5.30. The van der Waals surface area contributed by atoms with E-state index in [-0.39, 0.29) is 11.9 Å². The van der Waals surface area contributed by atoms with E-state index in [1.807, 2.05) is 58.8 Å². The van der Waals surface area contributed by atoms with Gasteiger partial charge in [-0.25, -0.2) is 0 Å². The van der Waals surface area contributed by atoms with E-state index in [9.17, 15) is 4.79 Å². The van der Waals surface area contributed by atoms with E-state index in [0.29, 0.717) is 29.5 Å². The molecule has 2 aromatic carbocycles. The van der Waals surface area contributed by atoms with Crippen molar-refractivity contribution in [1.29, 1.82) is 0 Å². The summed E-state index contributed by atoms with van der Waals surface area (Å²) in [5, 5.41) is 2.64. The van der Waals surface area contributed by atoms with Crippen molar-refractivity contribution >= 4 is 28.8 Å². The molecule has 6 heteroatoms. The Kier molecular flexibility index (Phi) is 5.79. The number of rotatable bonds is 5. The molecule has 0 saturated carbocycles. The number of amides is 1. The minimum absolute atomic E-state index is 0.0952. The lowest BCUT2D eigenvalue weighted by atomic mass is 9.87. The number of ether oxygens (including phenoxy) is 2. The molecule has 0 spiro atoms. The summed E-state index contributed by atoms with van der Waals surface area (Å²) in [5.41, 5.74) is 3.09. The van der Waals surface area contributed by atoms with Crippen LogP contribution in [0.5, 0.6) is 11.5 Å². The summed E-state index contributed by atoms with van der Waals surface area (Å²) in [6.07, 6.45) is 1.15. The van der Waals surface area contributed by atoms with Crippen molar-refractivity contribution in [2.75, 3.05) is 20.8 Å². The second-order valence-corrected chi connectivity index (χ2v) is 8.36. The number of nitrogens with zero attached hydrogens (tertiary/aromatic N) is 1. The molecule has 0 saturated heterocycles. The minimum atomic E-state index is -0.264. The molecule has 0 unspecified atom stereocenters. The zero-order valence-corrected chi connectivity index (χ0v) is 17.9. The summed E-state index contributed by atoms with van der Waals surface area (Å²) in [4.78, 5) is 16.3. The molecule has 150 valence electrons. The van der Waals surface area contributed by atoms with Gasteiger partial charge >= 0.3 is 0 Å². The van der Waals surface area contributed by atoms with Gasteiger partial charge < -0.3 is 14.4 Å². The molecule has 29 heavy (non-hydrogen) atoms. The van der Waals surface area contributed by atoms with Gasteiger partial charge in [0.2, 0.25) is 5.91 Å². The molecule has 0 fully saturated rings. The highest BCUT2D eigenvalue weighted by atomic mass is 35.5. The number of benzene rings is 2. The van der Waals surface area contributed by atoms with Crippen LogP contribution >= 0.6 is 22.9 Å². The SMILES string of the molecule is COc1cc2c(cc1OC)[C@H](c1ccccc1Cl)N(C(=O)Cc1cccs1)CC2. The van der Waals surface area contributed by atoms with E-state index in [2.05, 4.69) is 0 Å². The van der Waals surface area contributed by atoms with Crippen molar-refractivity contribution in [3.8, 4) is 11.5 Å². The Morgan fingerprint density at radius 3 is 2.55 bits per heavy atom. The van der Waals surface area contributed by atoms with Gasteiger partial charge in [-0.2, -0.15) is 0 Å². The predicted octanol–water partition coefficient (Wildman–Crippen LogP) is 5.14. The standard InChI is InChI=1S/C23H22ClNO3S/c1-27-20-12-15-9-10-25(22(26)13-16-6-5-11-29-16)23(18(15)14-21(20)28-2)17-7-3-4-8-19(17)24/h3-8,11-12,14,23H,9-10,13H2,1-2H3/t23-/m0/s1. The Balaban J connectivity index is 1.81. The molecule has 4 nitrogen and oxygen atoms in total. The van der Waals surface area contributed by atoms with E-state index in [1.165, 1.54) is 0 Å². The Morgan fingerprint density at radius 1 is 1.10 bits per heavy atom. The number of methoxy groups -OCH3 is 2. The van der Waals surface area contributed by atoms with Crippen LogP contribution in [0, 0.1) is 0 Å². The normalized spacial score (nSPS) is 15.7. The van der Waals surface area contributed by atoms with E-state index in [0.717, 1.165) is 28.0 Å². The van der Waals surface area contributed by atoms with Gasteiger partial charge in [0.15, 0.2) is 11.5 Å². The first kappa shape index (κ1) is 19.8. The summed E-state index contributed by atoms with van der Waals surface area (Å²) < 4.78 is 11.0. The largest absolute Gasteiger partial charge is 0.493 e. The zero-order valence-electron chi connectivity index (χ0n) is 16.4. The fourth-order valence-electron chi connectivity index (χ4n) is 3.91. The fourth-order valence-corrected chi connectivity index (χ4v) is 4.85. The van der Waals surface area contributed by atoms with Gasteiger partial charge in [0.25, 0.3) is 0 Å². The van der Waals surface area contributed by atoms with Crippen molar-refractivity contribution in [2.45, 2.75) is 18.9 Å². The van der Waals surface area contributed by atoms with Crippen LogP contribution in [0.4, 0.5) is 0 Å². The van der Waals surface area contributed by atoms with Gasteiger partial charge in [-0.1, -0.05) is 35.9 Å². The molecule has 1 aromatic heterocycles. The smallest absolute Gasteiger partial charge is 0.228 e. The third kappa shape index (κ3) is 3.85. The van der Waals surface area contributed by atoms with Crippen LogP contribution in [0.3, 0.4) is 0 Å². The lowest BCUT2D eigenvalue weighted by molar-refractivity contribution is -0.132. The summed E-state index contributed by atoms with van der Waals surface area (Å²) in [7, 11) is 3.26. The maximum atomic E-state index is 13.3. The van der Waals surface area contributed by atoms with Crippen LogP contribution in [0.1, 0.15) is 27.6 Å². The Bertz CT molecular complexity index is 1020. The average molecular weight is 428 g/mol. The number of hydrogen-bond donors (Lipinski definition) is 0. The number of carbonyl (C=O) groups is 1. The molecule has 4 rings (SSSR count). The second-order valence-electron chi connectivity index (χ2n) is 6.92. The van der Waals surface area contributed by atoms with Gasteiger partial charge in [0.05, 0.1) is 26.7 Å². The molecule has 1 amide bonds. The Hall–Kier alpha value is -2.50. The van der Waals surface area contributed by atoms with Crippen LogP contribution < -0.4 is 9.47 Å². The van der Waals surface area contributed by atoms with Gasteiger partial charge in [0.1, 0.15) is 0 Å². The lowest BCUT2D eigenvalue weighted by Gasteiger charge is -2.38. The highest BCUT2D eigenvalue weighted by Gasteiger charge is 2.34. The quantitative estimate of drug-likeness (QED) is 0.566. The number of fused-ring (bicyclic) bond motifs is 1. The van der Waals surface area contributed by atoms with Crippen LogP contribution in [0.2, 0.25) is 5.02 Å². The van der Waals surface area contributed by atoms with Gasteiger partial charge in [-0.15, -0.1) is 11.3 Å². The van der Waals surface area contributed by atoms with Crippen molar-refractivity contribution in [3.63, 3.8) is 0 Å². The van der Waals surface area contributed by atoms with Crippen LogP contribution in [-0.2, 0) is 17.6 Å². The van der Waals surface area contributed by atoms with E-state index in [1.54, 1.807) is 25.6 Å². The summed E-state index contributed by atoms with van der Waals surface area (Å²) >= 11 is 8.18. The monoisotopic (exact) mass is 427 g/mol. The molecule has 0 aliphatic carbocycles. The highest BCUT2D eigenvalue weighted by Crippen LogP contribution is 2.42. The van der Waals surface area contributed by atoms with Gasteiger partial charge in [0, 0.05) is 16.4 Å². The first-order valence-electron chi connectivity index (χ1n) is 9.43. The minimum Gasteiger partial charge on any atom is -0.493 e. The molecule has 0 radical (unpaired) electrons. The summed E-state index contributed by atoms with van der Waals surface area (Å²) in [5.74, 6) is 1.44. The number of carbonyl (C=O) groups excluding carboxylic acids is 1. The maximum absolute atomic E-state index is 13.3. The average Bonchev–Trinajstić information content (AvgIpc) is 3.25. The van der Waals surface area contributed by atoms with Crippen molar-refractivity contribution in [1.82, 2.24) is 4.90 Å². The maximum Gasteiger partial charge on any atom is 0.228 e. The molecule has 3 aromatic rings. The zero-order chi connectivity index (χ0) is 20.4. The predicted molar refractivity (Wildman–Crippen MR) is 116 cm³/mol. The van der Waals surface area contributed by atoms with Crippen molar-refractivity contribution < 1.29 is 14.3 Å². The van der Waals surface area contributed by atoms with Gasteiger partial charge in [-0.3, -0.25) is 4.79 Å². The molecule has 0 N–H and O–H groups in total. The first-order chi connectivity index (χ1) is 14.1. The van der Waals surface area contributed by atoms with Crippen molar-refractivity contribution in [3.05, 3.63) is 80.5 Å². The lowest BCUT2D eigenvalue weighted by Crippen LogP contribution is -2.41. The molecule has 2 heterocycles. The van der Waals surface area contributed by atoms with E-state index < -0.39 is 0 Å². The Morgan fingerprint density at radius 2 is 1.86 bits per heavy atom. The molecular weight excluding hydrogens is 406 g/mol.